The van der Waals surface area contributed by atoms with Gasteiger partial charge in [0.2, 0.25) is 0 Å². The van der Waals surface area contributed by atoms with Gasteiger partial charge in [0.25, 0.3) is 0 Å². The molecular weight excluding hydrogens is 172 g/mol. The van der Waals surface area contributed by atoms with Gasteiger partial charge in [-0.3, -0.25) is 4.79 Å². The minimum absolute atomic E-state index is 0.300. The summed E-state index contributed by atoms with van der Waals surface area (Å²) in [5, 5.41) is 0. The Labute approximate surface area is 87.9 Å². The lowest BCUT2D eigenvalue weighted by Crippen LogP contribution is -2.00. The van der Waals surface area contributed by atoms with E-state index in [-0.39, 0.29) is 0 Å². The van der Waals surface area contributed by atoms with Gasteiger partial charge in [-0.25, -0.2) is 0 Å². The molecule has 0 radical (unpaired) electrons. The van der Waals surface area contributed by atoms with Gasteiger partial charge in [0, 0.05) is 6.42 Å². The fraction of sp³-hybridized carbons (Fsp3) is 0.615. The molecule has 14 heavy (non-hydrogen) atoms. The lowest BCUT2D eigenvalue weighted by molar-refractivity contribution is -0.115. The van der Waals surface area contributed by atoms with Crippen molar-refractivity contribution in [1.82, 2.24) is 0 Å². The van der Waals surface area contributed by atoms with Gasteiger partial charge in [-0.1, -0.05) is 31.9 Å². The molecule has 0 aromatic rings. The number of carbonyl (C=O) groups is 1. The number of ketones is 1. The Balaban J connectivity index is 4.18. The summed E-state index contributed by atoms with van der Waals surface area (Å²) in [5.41, 5.74) is 2.19. The molecule has 0 aromatic carbocycles. The maximum Gasteiger partial charge on any atom is 0.158 e. The Morgan fingerprint density at radius 1 is 1.29 bits per heavy atom. The van der Waals surface area contributed by atoms with Gasteiger partial charge in [0.05, 0.1) is 0 Å². The van der Waals surface area contributed by atoms with Crippen molar-refractivity contribution in [3.05, 3.63) is 23.8 Å². The van der Waals surface area contributed by atoms with E-state index in [1.165, 1.54) is 5.57 Å². The molecule has 80 valence electrons. The minimum Gasteiger partial charge on any atom is -0.295 e. The SMILES string of the molecule is C=C(C)CCC=C(CCC)C(=O)CC. The number of Topliss-reactive ketones (excluding diaryl/α,β-unsaturated/α-hetero) is 1. The van der Waals surface area contributed by atoms with E-state index in [0.717, 1.165) is 31.3 Å². The van der Waals surface area contributed by atoms with Gasteiger partial charge >= 0.3 is 0 Å². The Bertz CT molecular complexity index is 223. The second-order valence-electron chi connectivity index (χ2n) is 3.75. The first-order valence-corrected chi connectivity index (χ1v) is 5.48. The lowest BCUT2D eigenvalue weighted by Gasteiger charge is -2.03. The topological polar surface area (TPSA) is 17.1 Å². The zero-order valence-electron chi connectivity index (χ0n) is 9.73. The first-order valence-electron chi connectivity index (χ1n) is 5.48. The van der Waals surface area contributed by atoms with Gasteiger partial charge in [-0.05, 0) is 31.8 Å². The van der Waals surface area contributed by atoms with Crippen LogP contribution in [0.4, 0.5) is 0 Å². The fourth-order valence-corrected chi connectivity index (χ4v) is 1.34. The zero-order chi connectivity index (χ0) is 11.0. The van der Waals surface area contributed by atoms with Crippen LogP contribution in [0.5, 0.6) is 0 Å². The van der Waals surface area contributed by atoms with Crippen LogP contribution in [-0.4, -0.2) is 5.78 Å². The van der Waals surface area contributed by atoms with E-state index in [9.17, 15) is 4.79 Å². The molecule has 0 saturated carbocycles. The van der Waals surface area contributed by atoms with E-state index in [1.54, 1.807) is 0 Å². The summed E-state index contributed by atoms with van der Waals surface area (Å²) >= 11 is 0. The maximum atomic E-state index is 11.5. The summed E-state index contributed by atoms with van der Waals surface area (Å²) in [6, 6.07) is 0. The molecule has 0 unspecified atom stereocenters. The van der Waals surface area contributed by atoms with E-state index >= 15 is 0 Å². The first kappa shape index (κ1) is 13.2. The summed E-state index contributed by atoms with van der Waals surface area (Å²) < 4.78 is 0. The zero-order valence-corrected chi connectivity index (χ0v) is 9.73. The molecule has 0 aliphatic heterocycles. The molecule has 0 aliphatic rings. The molecule has 0 fully saturated rings. The highest BCUT2D eigenvalue weighted by Gasteiger charge is 2.04. The van der Waals surface area contributed by atoms with E-state index < -0.39 is 0 Å². The van der Waals surface area contributed by atoms with Crippen LogP contribution < -0.4 is 0 Å². The largest absolute Gasteiger partial charge is 0.295 e. The molecule has 0 saturated heterocycles. The minimum atomic E-state index is 0.300. The van der Waals surface area contributed by atoms with Crippen LogP contribution in [0, 0.1) is 0 Å². The second-order valence-corrected chi connectivity index (χ2v) is 3.75. The van der Waals surface area contributed by atoms with Gasteiger partial charge < -0.3 is 0 Å². The fourth-order valence-electron chi connectivity index (χ4n) is 1.34. The molecule has 0 heterocycles. The molecule has 1 heteroatoms. The van der Waals surface area contributed by atoms with Crippen LogP contribution in [0.2, 0.25) is 0 Å². The highest BCUT2D eigenvalue weighted by atomic mass is 16.1. The molecule has 0 N–H and O–H groups in total. The third kappa shape index (κ3) is 5.74. The van der Waals surface area contributed by atoms with Crippen LogP contribution in [0.15, 0.2) is 23.8 Å². The predicted molar refractivity (Wildman–Crippen MR) is 62.3 cm³/mol. The standard InChI is InChI=1S/C13H22O/c1-5-8-12(13(14)6-2)10-7-9-11(3)4/h10H,3,5-9H2,1-2,4H3. The van der Waals surface area contributed by atoms with E-state index in [4.69, 9.17) is 0 Å². The smallest absolute Gasteiger partial charge is 0.158 e. The van der Waals surface area contributed by atoms with Crippen molar-refractivity contribution in [3.8, 4) is 0 Å². The van der Waals surface area contributed by atoms with Crippen LogP contribution >= 0.6 is 0 Å². The van der Waals surface area contributed by atoms with Crippen molar-refractivity contribution in [3.63, 3.8) is 0 Å². The van der Waals surface area contributed by atoms with Gasteiger partial charge in [0.15, 0.2) is 5.78 Å². The molecule has 0 amide bonds. The number of hydrogen-bond acceptors (Lipinski definition) is 1. The third-order valence-electron chi connectivity index (χ3n) is 2.16. The van der Waals surface area contributed by atoms with Crippen molar-refractivity contribution in [2.24, 2.45) is 0 Å². The summed E-state index contributed by atoms with van der Waals surface area (Å²) in [6.45, 7) is 9.90. The van der Waals surface area contributed by atoms with Gasteiger partial charge in [0.1, 0.15) is 0 Å². The normalized spacial score (nSPS) is 11.5. The Morgan fingerprint density at radius 3 is 2.36 bits per heavy atom. The molecule has 1 nitrogen and oxygen atoms in total. The van der Waals surface area contributed by atoms with Crippen molar-refractivity contribution in [2.75, 3.05) is 0 Å². The Morgan fingerprint density at radius 2 is 1.93 bits per heavy atom. The molecule has 0 spiro atoms. The van der Waals surface area contributed by atoms with Crippen LogP contribution in [0.3, 0.4) is 0 Å². The maximum absolute atomic E-state index is 11.5. The van der Waals surface area contributed by atoms with E-state index in [2.05, 4.69) is 19.6 Å². The molecule has 0 aliphatic carbocycles. The highest BCUT2D eigenvalue weighted by Crippen LogP contribution is 2.12. The second kappa shape index (κ2) is 7.54. The summed E-state index contributed by atoms with van der Waals surface area (Å²) in [4.78, 5) is 11.5. The van der Waals surface area contributed by atoms with Crippen LogP contribution in [0.25, 0.3) is 0 Å². The monoisotopic (exact) mass is 194 g/mol. The molecule has 0 rings (SSSR count). The van der Waals surface area contributed by atoms with E-state index in [0.29, 0.717) is 12.2 Å². The lowest BCUT2D eigenvalue weighted by atomic mass is 10.0. The molecular formula is C13H22O. The number of hydrogen-bond donors (Lipinski definition) is 0. The number of allylic oxidation sites excluding steroid dienone is 3. The van der Waals surface area contributed by atoms with Crippen LogP contribution in [-0.2, 0) is 4.79 Å². The molecule has 0 atom stereocenters. The number of rotatable bonds is 7. The van der Waals surface area contributed by atoms with Crippen molar-refractivity contribution < 1.29 is 4.79 Å². The first-order chi connectivity index (χ1) is 6.61. The van der Waals surface area contributed by atoms with Gasteiger partial charge in [-0.2, -0.15) is 0 Å². The quantitative estimate of drug-likeness (QED) is 0.441. The summed E-state index contributed by atoms with van der Waals surface area (Å²) in [5.74, 6) is 0.300. The predicted octanol–water partition coefficient (Wildman–Crippen LogP) is 4.05. The molecule has 0 aromatic heterocycles. The number of carbonyl (C=O) groups excluding carboxylic acids is 1. The average molecular weight is 194 g/mol. The Kier molecular flexibility index (Phi) is 7.09. The van der Waals surface area contributed by atoms with Crippen LogP contribution in [0.1, 0.15) is 52.9 Å². The summed E-state index contributed by atoms with van der Waals surface area (Å²) in [7, 11) is 0. The van der Waals surface area contributed by atoms with Crippen molar-refractivity contribution >= 4 is 5.78 Å². The Hall–Kier alpha value is -0.850. The van der Waals surface area contributed by atoms with Crippen molar-refractivity contribution in [2.45, 2.75) is 52.9 Å². The average Bonchev–Trinajstić information content (AvgIpc) is 2.15. The van der Waals surface area contributed by atoms with E-state index in [1.807, 2.05) is 13.8 Å². The molecule has 0 bridgehead atoms. The van der Waals surface area contributed by atoms with Gasteiger partial charge in [-0.15, -0.1) is 6.58 Å². The van der Waals surface area contributed by atoms with Crippen molar-refractivity contribution in [1.29, 1.82) is 0 Å². The summed E-state index contributed by atoms with van der Waals surface area (Å²) in [6.07, 6.45) is 6.62. The third-order valence-corrected chi connectivity index (χ3v) is 2.16. The highest BCUT2D eigenvalue weighted by molar-refractivity contribution is 5.94.